The number of esters is 1. The van der Waals surface area contributed by atoms with Crippen LogP contribution in [0.25, 0.3) is 0 Å². The second-order valence-electron chi connectivity index (χ2n) is 5.77. The second-order valence-corrected chi connectivity index (χ2v) is 7.39. The molecular weight excluding hydrogens is 314 g/mol. The fourth-order valence-electron chi connectivity index (χ4n) is 3.20. The number of pyridine rings is 1. The van der Waals surface area contributed by atoms with Gasteiger partial charge in [-0.3, -0.25) is 4.21 Å². The molecule has 5 nitrogen and oxygen atoms in total. The number of ether oxygens (including phenoxy) is 2. The average molecular weight is 339 g/mol. The minimum atomic E-state index is -1.18. The molecular formula is C17H25NO4S. The number of hydrogen-bond donors (Lipinski definition) is 0. The third-order valence-electron chi connectivity index (χ3n) is 4.27. The predicted molar refractivity (Wildman–Crippen MR) is 89.4 cm³/mol. The van der Waals surface area contributed by atoms with E-state index in [9.17, 15) is 9.00 Å². The van der Waals surface area contributed by atoms with Crippen LogP contribution in [0.3, 0.4) is 0 Å². The van der Waals surface area contributed by atoms with Gasteiger partial charge in [-0.25, -0.2) is 9.78 Å². The van der Waals surface area contributed by atoms with Gasteiger partial charge in [-0.05, 0) is 33.1 Å². The van der Waals surface area contributed by atoms with Gasteiger partial charge in [0.05, 0.1) is 28.4 Å². The summed E-state index contributed by atoms with van der Waals surface area (Å²) in [4.78, 5) is 16.6. The predicted octanol–water partition coefficient (Wildman–Crippen LogP) is 3.40. The topological polar surface area (TPSA) is 65.5 Å². The Morgan fingerprint density at radius 3 is 2.87 bits per heavy atom. The van der Waals surface area contributed by atoms with Crippen molar-refractivity contribution in [1.82, 2.24) is 4.98 Å². The minimum Gasteiger partial charge on any atom is -0.488 e. The van der Waals surface area contributed by atoms with E-state index in [0.717, 1.165) is 32.1 Å². The van der Waals surface area contributed by atoms with Crippen molar-refractivity contribution in [2.24, 2.45) is 0 Å². The quantitative estimate of drug-likeness (QED) is 0.773. The summed E-state index contributed by atoms with van der Waals surface area (Å²) < 4.78 is 24.0. The zero-order valence-electron chi connectivity index (χ0n) is 13.0. The molecule has 2 heterocycles. The highest BCUT2D eigenvalue weighted by atomic mass is 32.2. The number of carbonyl (C=O) groups excluding carboxylic acids is 1. The largest absolute Gasteiger partial charge is 0.488 e. The number of rotatable bonds is 2. The lowest BCUT2D eigenvalue weighted by Crippen LogP contribution is -2.33. The van der Waals surface area contributed by atoms with E-state index in [4.69, 9.17) is 9.47 Å². The van der Waals surface area contributed by atoms with Crippen LogP contribution in [0.1, 0.15) is 62.5 Å². The summed E-state index contributed by atoms with van der Waals surface area (Å²) in [5.41, 5.74) is 0.892. The molecule has 1 fully saturated rings. The highest BCUT2D eigenvalue weighted by Gasteiger charge is 2.36. The number of hydrogen-bond acceptors (Lipinski definition) is 5. The maximum Gasteiger partial charge on any atom is 0.343 e. The van der Waals surface area contributed by atoms with Crippen molar-refractivity contribution < 1.29 is 18.5 Å². The summed E-state index contributed by atoms with van der Waals surface area (Å²) >= 11 is 0. The van der Waals surface area contributed by atoms with Crippen molar-refractivity contribution in [2.45, 2.75) is 69.8 Å². The molecule has 0 spiro atoms. The molecule has 1 aliphatic heterocycles. The monoisotopic (exact) mass is 339 g/mol. The molecule has 1 aromatic rings. The molecule has 3 unspecified atom stereocenters. The first kappa shape index (κ1) is 17.9. The van der Waals surface area contributed by atoms with E-state index in [2.05, 4.69) is 4.98 Å². The van der Waals surface area contributed by atoms with Crippen LogP contribution >= 0.6 is 0 Å². The van der Waals surface area contributed by atoms with Gasteiger partial charge in [-0.1, -0.05) is 20.3 Å². The van der Waals surface area contributed by atoms with Crippen LogP contribution in [0.5, 0.6) is 5.75 Å². The second kappa shape index (κ2) is 7.43. The highest BCUT2D eigenvalue weighted by Crippen LogP contribution is 2.35. The van der Waals surface area contributed by atoms with Gasteiger partial charge in [-0.2, -0.15) is 0 Å². The first-order valence-corrected chi connectivity index (χ1v) is 9.09. The van der Waals surface area contributed by atoms with E-state index in [1.165, 1.54) is 0 Å². The van der Waals surface area contributed by atoms with E-state index < -0.39 is 16.8 Å². The Hall–Kier alpha value is -1.43. The van der Waals surface area contributed by atoms with Crippen molar-refractivity contribution >= 4 is 16.8 Å². The molecule has 1 aromatic heterocycles. The van der Waals surface area contributed by atoms with Crippen LogP contribution < -0.4 is 4.74 Å². The third-order valence-corrected chi connectivity index (χ3v) is 5.98. The molecule has 6 heteroatoms. The SMILES string of the molecule is C.CCOC(=O)c1c2cc(nc1C)S(=O)C1CCCCCC1O2. The molecule has 1 saturated carbocycles. The lowest BCUT2D eigenvalue weighted by atomic mass is 10.1. The summed E-state index contributed by atoms with van der Waals surface area (Å²) in [6.45, 7) is 3.81. The van der Waals surface area contributed by atoms with Crippen LogP contribution in [0.2, 0.25) is 0 Å². The Labute approximate surface area is 140 Å². The Kier molecular flexibility index (Phi) is 5.79. The van der Waals surface area contributed by atoms with Gasteiger partial charge in [0, 0.05) is 6.07 Å². The lowest BCUT2D eigenvalue weighted by molar-refractivity contribution is 0.0516. The Morgan fingerprint density at radius 1 is 1.39 bits per heavy atom. The van der Waals surface area contributed by atoms with Gasteiger partial charge in [0.15, 0.2) is 0 Å². The normalized spacial score (nSPS) is 25.9. The van der Waals surface area contributed by atoms with E-state index in [-0.39, 0.29) is 18.8 Å². The molecule has 3 rings (SSSR count). The number of carbonyl (C=O) groups is 1. The van der Waals surface area contributed by atoms with E-state index in [0.29, 0.717) is 28.6 Å². The Morgan fingerprint density at radius 2 is 2.13 bits per heavy atom. The van der Waals surface area contributed by atoms with Crippen molar-refractivity contribution in [3.63, 3.8) is 0 Å². The molecule has 23 heavy (non-hydrogen) atoms. The van der Waals surface area contributed by atoms with Gasteiger partial charge in [0.2, 0.25) is 0 Å². The van der Waals surface area contributed by atoms with Crippen LogP contribution in [-0.4, -0.2) is 33.1 Å². The average Bonchev–Trinajstić information content (AvgIpc) is 2.75. The van der Waals surface area contributed by atoms with Crippen LogP contribution in [0.15, 0.2) is 11.1 Å². The van der Waals surface area contributed by atoms with Gasteiger partial charge in [0.1, 0.15) is 22.4 Å². The summed E-state index contributed by atoms with van der Waals surface area (Å²) in [6.07, 6.45) is 4.91. The minimum absolute atomic E-state index is 0. The molecule has 0 radical (unpaired) electrons. The third kappa shape index (κ3) is 3.42. The van der Waals surface area contributed by atoms with Crippen LogP contribution in [0.4, 0.5) is 0 Å². The zero-order valence-corrected chi connectivity index (χ0v) is 13.8. The number of aryl methyl sites for hydroxylation is 1. The smallest absolute Gasteiger partial charge is 0.343 e. The summed E-state index contributed by atoms with van der Waals surface area (Å²) in [7, 11) is -1.18. The van der Waals surface area contributed by atoms with Crippen molar-refractivity contribution in [3.05, 3.63) is 17.3 Å². The molecule has 128 valence electrons. The summed E-state index contributed by atoms with van der Waals surface area (Å²) in [6, 6.07) is 1.66. The maximum absolute atomic E-state index is 12.8. The number of fused-ring (bicyclic) bond motifs is 3. The van der Waals surface area contributed by atoms with E-state index >= 15 is 0 Å². The number of nitrogens with zero attached hydrogens (tertiary/aromatic N) is 1. The maximum atomic E-state index is 12.8. The van der Waals surface area contributed by atoms with E-state index in [1.807, 2.05) is 0 Å². The first-order valence-electron chi connectivity index (χ1n) is 7.87. The van der Waals surface area contributed by atoms with E-state index in [1.54, 1.807) is 19.9 Å². The van der Waals surface area contributed by atoms with Crippen molar-refractivity contribution in [1.29, 1.82) is 0 Å². The van der Waals surface area contributed by atoms with Gasteiger partial charge >= 0.3 is 5.97 Å². The number of aromatic nitrogens is 1. The van der Waals surface area contributed by atoms with Crippen LogP contribution in [0, 0.1) is 6.92 Å². The van der Waals surface area contributed by atoms with Gasteiger partial charge < -0.3 is 9.47 Å². The lowest BCUT2D eigenvalue weighted by Gasteiger charge is -2.22. The van der Waals surface area contributed by atoms with Gasteiger partial charge in [-0.15, -0.1) is 0 Å². The molecule has 1 aliphatic carbocycles. The fraction of sp³-hybridized carbons (Fsp3) is 0.647. The van der Waals surface area contributed by atoms with Crippen molar-refractivity contribution in [2.75, 3.05) is 6.61 Å². The van der Waals surface area contributed by atoms with Crippen LogP contribution in [-0.2, 0) is 15.5 Å². The highest BCUT2D eigenvalue weighted by molar-refractivity contribution is 7.85. The standard InChI is InChI=1S/C16H21NO4S.CH4/c1-3-20-16(18)15-10(2)17-14-9-12(15)21-11-7-5-4-6-8-13(11)22(14)19;/h9,11,13H,3-8H2,1-2H3;1H4. The molecule has 2 aliphatic rings. The molecule has 2 bridgehead atoms. The summed E-state index contributed by atoms with van der Waals surface area (Å²) in [5, 5.41) is 0.485. The molecule has 0 amide bonds. The van der Waals surface area contributed by atoms with Crippen molar-refractivity contribution in [3.8, 4) is 5.75 Å². The fourth-order valence-corrected chi connectivity index (χ4v) is 4.81. The Bertz CT molecular complexity index is 617. The first-order chi connectivity index (χ1) is 10.6. The molecule has 0 N–H and O–H groups in total. The molecule has 3 atom stereocenters. The zero-order chi connectivity index (χ0) is 15.7. The summed E-state index contributed by atoms with van der Waals surface area (Å²) in [5.74, 6) is 0.0515. The molecule has 0 saturated heterocycles. The van der Waals surface area contributed by atoms with Gasteiger partial charge in [0.25, 0.3) is 0 Å². The molecule has 0 aromatic carbocycles. The Balaban J connectivity index is 0.00000192.